The molecule has 1 heterocycles. The zero-order chi connectivity index (χ0) is 21.1. The van der Waals surface area contributed by atoms with Crippen molar-refractivity contribution in [3.8, 4) is 11.5 Å². The maximum absolute atomic E-state index is 12.8. The number of amides is 1. The zero-order valence-corrected chi connectivity index (χ0v) is 16.6. The van der Waals surface area contributed by atoms with Crippen molar-refractivity contribution in [1.82, 2.24) is 4.90 Å². The van der Waals surface area contributed by atoms with E-state index in [0.717, 1.165) is 0 Å². The van der Waals surface area contributed by atoms with Gasteiger partial charge in [-0.15, -0.1) is 0 Å². The summed E-state index contributed by atoms with van der Waals surface area (Å²) in [6, 6.07) is 10.3. The molecule has 1 saturated heterocycles. The van der Waals surface area contributed by atoms with E-state index in [4.69, 9.17) is 21.1 Å². The van der Waals surface area contributed by atoms with Crippen molar-refractivity contribution in [1.29, 1.82) is 0 Å². The zero-order valence-electron chi connectivity index (χ0n) is 15.9. The summed E-state index contributed by atoms with van der Waals surface area (Å²) in [6.45, 7) is -0.426. The van der Waals surface area contributed by atoms with Crippen molar-refractivity contribution in [2.24, 2.45) is 0 Å². The quantitative estimate of drug-likeness (QED) is 0.426. The fraction of sp³-hybridized carbons (Fsp3) is 0.238. The lowest BCUT2D eigenvalue weighted by Crippen LogP contribution is -2.32. The Morgan fingerprint density at radius 1 is 1.10 bits per heavy atom. The monoisotopic (exact) mass is 417 g/mol. The van der Waals surface area contributed by atoms with E-state index in [9.17, 15) is 19.8 Å². The van der Waals surface area contributed by atoms with Gasteiger partial charge < -0.3 is 24.6 Å². The van der Waals surface area contributed by atoms with Crippen LogP contribution >= 0.6 is 11.6 Å². The fourth-order valence-corrected chi connectivity index (χ4v) is 3.48. The third-order valence-electron chi connectivity index (χ3n) is 4.73. The predicted molar refractivity (Wildman–Crippen MR) is 107 cm³/mol. The molecule has 7 nitrogen and oxygen atoms in total. The van der Waals surface area contributed by atoms with Crippen LogP contribution in [0.3, 0.4) is 0 Å². The van der Waals surface area contributed by atoms with Crippen LogP contribution in [0.25, 0.3) is 5.76 Å². The normalized spacial score (nSPS) is 18.2. The number of rotatable bonds is 6. The van der Waals surface area contributed by atoms with E-state index >= 15 is 0 Å². The number of β-amino-alcohol motifs (C(OH)–C–C–N with tert-alkyl or cyclic N) is 1. The third-order valence-corrected chi connectivity index (χ3v) is 4.99. The van der Waals surface area contributed by atoms with E-state index in [1.807, 2.05) is 0 Å². The number of aliphatic hydroxyl groups is 2. The summed E-state index contributed by atoms with van der Waals surface area (Å²) in [5.74, 6) is -1.07. The van der Waals surface area contributed by atoms with E-state index in [2.05, 4.69) is 0 Å². The van der Waals surface area contributed by atoms with Gasteiger partial charge in [-0.1, -0.05) is 11.6 Å². The number of carbonyl (C=O) groups excluding carboxylic acids is 2. The summed E-state index contributed by atoms with van der Waals surface area (Å²) < 4.78 is 10.6. The van der Waals surface area contributed by atoms with E-state index in [0.29, 0.717) is 27.6 Å². The first-order valence-electron chi connectivity index (χ1n) is 8.80. The van der Waals surface area contributed by atoms with Crippen molar-refractivity contribution >= 4 is 29.1 Å². The second kappa shape index (κ2) is 8.55. The molecule has 2 N–H and O–H groups in total. The molecule has 1 aliphatic rings. The van der Waals surface area contributed by atoms with Crippen LogP contribution in [0.2, 0.25) is 5.02 Å². The lowest BCUT2D eigenvalue weighted by molar-refractivity contribution is -0.140. The number of aliphatic hydroxyl groups excluding tert-OH is 2. The first-order chi connectivity index (χ1) is 13.9. The lowest BCUT2D eigenvalue weighted by Gasteiger charge is -2.26. The van der Waals surface area contributed by atoms with Gasteiger partial charge in [0.05, 0.1) is 32.4 Å². The number of halogens is 1. The maximum Gasteiger partial charge on any atom is 0.295 e. The molecule has 2 aromatic carbocycles. The smallest absolute Gasteiger partial charge is 0.295 e. The van der Waals surface area contributed by atoms with Crippen molar-refractivity contribution in [2.75, 3.05) is 27.4 Å². The number of methoxy groups -OCH3 is 2. The predicted octanol–water partition coefficient (Wildman–Crippen LogP) is 2.77. The van der Waals surface area contributed by atoms with Gasteiger partial charge in [0.15, 0.2) is 0 Å². The molecule has 1 fully saturated rings. The van der Waals surface area contributed by atoms with Gasteiger partial charge in [-0.05, 0) is 36.4 Å². The van der Waals surface area contributed by atoms with Gasteiger partial charge >= 0.3 is 0 Å². The minimum Gasteiger partial charge on any atom is -0.507 e. The molecule has 1 amide bonds. The Morgan fingerprint density at radius 3 is 2.38 bits per heavy atom. The second-order valence-electron chi connectivity index (χ2n) is 6.33. The summed E-state index contributed by atoms with van der Waals surface area (Å²) in [5, 5.41) is 20.8. The van der Waals surface area contributed by atoms with Crippen LogP contribution in [0.4, 0.5) is 0 Å². The molecular formula is C21H20ClNO6. The largest absolute Gasteiger partial charge is 0.507 e. The van der Waals surface area contributed by atoms with E-state index < -0.39 is 17.7 Å². The number of Topliss-reactive ketones (excluding diaryl/α,β-unsaturated/α-hetero) is 1. The first kappa shape index (κ1) is 20.7. The van der Waals surface area contributed by atoms with E-state index in [-0.39, 0.29) is 24.5 Å². The fourth-order valence-electron chi connectivity index (χ4n) is 3.35. The molecule has 1 atom stereocenters. The molecule has 0 saturated carbocycles. The Kier molecular flexibility index (Phi) is 6.10. The molecule has 0 radical (unpaired) electrons. The molecule has 0 aliphatic carbocycles. The molecular weight excluding hydrogens is 398 g/mol. The van der Waals surface area contributed by atoms with Crippen molar-refractivity contribution < 1.29 is 29.3 Å². The third kappa shape index (κ3) is 3.79. The van der Waals surface area contributed by atoms with Gasteiger partial charge in [0.1, 0.15) is 17.3 Å². The molecule has 0 spiro atoms. The molecule has 29 heavy (non-hydrogen) atoms. The number of ketones is 1. The van der Waals surface area contributed by atoms with Crippen LogP contribution in [0.1, 0.15) is 17.2 Å². The van der Waals surface area contributed by atoms with E-state index in [1.54, 1.807) is 42.5 Å². The maximum atomic E-state index is 12.8. The first-order valence-corrected chi connectivity index (χ1v) is 9.17. The Balaban J connectivity index is 2.23. The summed E-state index contributed by atoms with van der Waals surface area (Å²) >= 11 is 5.90. The van der Waals surface area contributed by atoms with Gasteiger partial charge in [-0.3, -0.25) is 9.59 Å². The van der Waals surface area contributed by atoms with Gasteiger partial charge in [0.25, 0.3) is 11.7 Å². The summed E-state index contributed by atoms with van der Waals surface area (Å²) in [6.07, 6.45) is 0. The SMILES string of the molecule is COc1ccc(C2C(=C(O)c3ccc(Cl)cc3)C(=O)C(=O)N2CCO)c(OC)c1. The van der Waals surface area contributed by atoms with Gasteiger partial charge in [0.2, 0.25) is 0 Å². The highest BCUT2D eigenvalue weighted by Gasteiger charge is 2.46. The molecule has 0 aromatic heterocycles. The number of likely N-dealkylation sites (tertiary alicyclic amines) is 1. The topological polar surface area (TPSA) is 96.3 Å². The molecule has 152 valence electrons. The van der Waals surface area contributed by atoms with Crippen LogP contribution in [0.15, 0.2) is 48.0 Å². The van der Waals surface area contributed by atoms with Crippen LogP contribution in [-0.2, 0) is 9.59 Å². The summed E-state index contributed by atoms with van der Waals surface area (Å²) in [7, 11) is 2.96. The molecule has 2 aromatic rings. The molecule has 3 rings (SSSR count). The van der Waals surface area contributed by atoms with Crippen molar-refractivity contribution in [3.05, 3.63) is 64.2 Å². The minimum absolute atomic E-state index is 0.0815. The van der Waals surface area contributed by atoms with Crippen LogP contribution < -0.4 is 9.47 Å². The minimum atomic E-state index is -0.932. The lowest BCUT2D eigenvalue weighted by atomic mass is 9.94. The van der Waals surface area contributed by atoms with Crippen LogP contribution in [0.5, 0.6) is 11.5 Å². The van der Waals surface area contributed by atoms with Crippen molar-refractivity contribution in [2.45, 2.75) is 6.04 Å². The molecule has 0 bridgehead atoms. The summed E-state index contributed by atoms with van der Waals surface area (Å²) in [5.41, 5.74) is 0.736. The van der Waals surface area contributed by atoms with Crippen LogP contribution in [0, 0.1) is 0 Å². The Bertz CT molecular complexity index is 970. The Hall–Kier alpha value is -3.03. The number of ether oxygens (including phenoxy) is 2. The number of benzene rings is 2. The van der Waals surface area contributed by atoms with Gasteiger partial charge in [0, 0.05) is 28.8 Å². The standard InChI is InChI=1S/C21H20ClNO6/c1-28-14-7-8-15(16(11-14)29-2)18-17(20(26)21(27)23(18)9-10-24)19(25)12-3-5-13(22)6-4-12/h3-8,11,18,24-25H,9-10H2,1-2H3. The molecule has 8 heteroatoms. The van der Waals surface area contributed by atoms with Gasteiger partial charge in [-0.2, -0.15) is 0 Å². The van der Waals surface area contributed by atoms with Crippen LogP contribution in [-0.4, -0.2) is 54.2 Å². The Labute approximate surface area is 172 Å². The highest BCUT2D eigenvalue weighted by molar-refractivity contribution is 6.46. The number of nitrogens with zero attached hydrogens (tertiary/aromatic N) is 1. The Morgan fingerprint density at radius 2 is 1.79 bits per heavy atom. The second-order valence-corrected chi connectivity index (χ2v) is 6.77. The number of hydrogen-bond donors (Lipinski definition) is 2. The van der Waals surface area contributed by atoms with Crippen molar-refractivity contribution in [3.63, 3.8) is 0 Å². The van der Waals surface area contributed by atoms with E-state index in [1.165, 1.54) is 19.1 Å². The average Bonchev–Trinajstić information content (AvgIpc) is 2.98. The number of hydrogen-bond acceptors (Lipinski definition) is 6. The average molecular weight is 418 g/mol. The highest BCUT2D eigenvalue weighted by atomic mass is 35.5. The molecule has 1 unspecified atom stereocenters. The summed E-state index contributed by atoms with van der Waals surface area (Å²) in [4.78, 5) is 26.6. The molecule has 1 aliphatic heterocycles. The van der Waals surface area contributed by atoms with Gasteiger partial charge in [-0.25, -0.2) is 0 Å². The highest BCUT2D eigenvalue weighted by Crippen LogP contribution is 2.43. The number of carbonyl (C=O) groups is 2.